The molecule has 1 saturated heterocycles. The van der Waals surface area contributed by atoms with Crippen LogP contribution in [0.1, 0.15) is 12.6 Å². The van der Waals surface area contributed by atoms with E-state index in [1.165, 1.54) is 0 Å². The molecule has 0 spiro atoms. The lowest BCUT2D eigenvalue weighted by Gasteiger charge is -2.33. The fourth-order valence-corrected chi connectivity index (χ4v) is 2.25. The summed E-state index contributed by atoms with van der Waals surface area (Å²) >= 11 is 5.86. The van der Waals surface area contributed by atoms with Crippen molar-refractivity contribution in [2.45, 2.75) is 13.5 Å². The number of nitrogens with zero attached hydrogens (tertiary/aromatic N) is 3. The molecule has 104 valence electrons. The Balaban J connectivity index is 1.82. The van der Waals surface area contributed by atoms with Crippen molar-refractivity contribution in [2.75, 3.05) is 32.8 Å². The van der Waals surface area contributed by atoms with E-state index in [4.69, 9.17) is 16.3 Å². The van der Waals surface area contributed by atoms with Gasteiger partial charge in [0.05, 0.1) is 12.3 Å². The zero-order chi connectivity index (χ0) is 13.7. The van der Waals surface area contributed by atoms with Gasteiger partial charge in [0.2, 0.25) is 0 Å². The minimum absolute atomic E-state index is 0.219. The molecule has 0 unspecified atom stereocenters. The molecule has 0 aliphatic carbocycles. The molecule has 1 aromatic rings. The highest BCUT2D eigenvalue weighted by Gasteiger charge is 2.21. The van der Waals surface area contributed by atoms with Gasteiger partial charge in [-0.15, -0.1) is 0 Å². The number of piperazine rings is 1. The minimum atomic E-state index is -0.219. The molecule has 0 radical (unpaired) electrons. The Kier molecular flexibility index (Phi) is 4.99. The third kappa shape index (κ3) is 4.08. The van der Waals surface area contributed by atoms with Crippen LogP contribution in [0.4, 0.5) is 4.79 Å². The molecule has 0 atom stereocenters. The minimum Gasteiger partial charge on any atom is -0.450 e. The Morgan fingerprint density at radius 2 is 2.11 bits per heavy atom. The number of aromatic nitrogens is 1. The van der Waals surface area contributed by atoms with E-state index < -0.39 is 0 Å². The Morgan fingerprint density at radius 3 is 2.74 bits per heavy atom. The summed E-state index contributed by atoms with van der Waals surface area (Å²) in [4.78, 5) is 19.8. The summed E-state index contributed by atoms with van der Waals surface area (Å²) in [5.41, 5.74) is 0.956. The molecular formula is C13H18ClN3O2. The van der Waals surface area contributed by atoms with E-state index >= 15 is 0 Å². The van der Waals surface area contributed by atoms with Crippen molar-refractivity contribution in [2.24, 2.45) is 0 Å². The normalized spacial score (nSPS) is 16.4. The van der Waals surface area contributed by atoms with Crippen LogP contribution in [-0.2, 0) is 11.3 Å². The largest absolute Gasteiger partial charge is 0.450 e. The molecular weight excluding hydrogens is 266 g/mol. The van der Waals surface area contributed by atoms with Gasteiger partial charge in [-0.1, -0.05) is 17.7 Å². The number of amides is 1. The van der Waals surface area contributed by atoms with E-state index in [-0.39, 0.29) is 6.09 Å². The highest BCUT2D eigenvalue weighted by molar-refractivity contribution is 6.29. The van der Waals surface area contributed by atoms with E-state index in [1.807, 2.05) is 19.1 Å². The zero-order valence-electron chi connectivity index (χ0n) is 11.0. The zero-order valence-corrected chi connectivity index (χ0v) is 11.8. The van der Waals surface area contributed by atoms with Gasteiger partial charge in [0.15, 0.2) is 0 Å². The van der Waals surface area contributed by atoms with Gasteiger partial charge in [0.25, 0.3) is 0 Å². The first-order valence-electron chi connectivity index (χ1n) is 6.44. The molecule has 1 aliphatic heterocycles. The highest BCUT2D eigenvalue weighted by atomic mass is 35.5. The number of ether oxygens (including phenoxy) is 1. The van der Waals surface area contributed by atoms with Gasteiger partial charge in [-0.3, -0.25) is 4.90 Å². The van der Waals surface area contributed by atoms with Crippen LogP contribution in [0, 0.1) is 0 Å². The maximum absolute atomic E-state index is 11.6. The fourth-order valence-electron chi connectivity index (χ4n) is 2.07. The first kappa shape index (κ1) is 14.1. The molecule has 2 rings (SSSR count). The molecule has 0 aromatic carbocycles. The SMILES string of the molecule is CCOC(=O)N1CCN(Cc2cccc(Cl)n2)CC1. The molecule has 1 fully saturated rings. The number of rotatable bonds is 3. The van der Waals surface area contributed by atoms with Crippen molar-refractivity contribution in [3.8, 4) is 0 Å². The first-order chi connectivity index (χ1) is 9.19. The van der Waals surface area contributed by atoms with Crippen LogP contribution in [0.15, 0.2) is 18.2 Å². The van der Waals surface area contributed by atoms with Crippen molar-refractivity contribution < 1.29 is 9.53 Å². The average molecular weight is 284 g/mol. The number of halogens is 1. The smallest absolute Gasteiger partial charge is 0.409 e. The molecule has 5 nitrogen and oxygen atoms in total. The average Bonchev–Trinajstić information content (AvgIpc) is 2.40. The van der Waals surface area contributed by atoms with Crippen molar-refractivity contribution in [1.82, 2.24) is 14.8 Å². The Hall–Kier alpha value is -1.33. The first-order valence-corrected chi connectivity index (χ1v) is 6.82. The molecule has 6 heteroatoms. The topological polar surface area (TPSA) is 45.7 Å². The fraction of sp³-hybridized carbons (Fsp3) is 0.538. The summed E-state index contributed by atoms with van der Waals surface area (Å²) in [7, 11) is 0. The van der Waals surface area contributed by atoms with Crippen LogP contribution in [0.3, 0.4) is 0 Å². The number of pyridine rings is 1. The molecule has 19 heavy (non-hydrogen) atoms. The quantitative estimate of drug-likeness (QED) is 0.796. The van der Waals surface area contributed by atoms with Crippen molar-refractivity contribution >= 4 is 17.7 Å². The lowest BCUT2D eigenvalue weighted by Crippen LogP contribution is -2.48. The van der Waals surface area contributed by atoms with Crippen LogP contribution >= 0.6 is 11.6 Å². The lowest BCUT2D eigenvalue weighted by molar-refractivity contribution is 0.0775. The van der Waals surface area contributed by atoms with Gasteiger partial charge in [0.1, 0.15) is 5.15 Å². The summed E-state index contributed by atoms with van der Waals surface area (Å²) < 4.78 is 4.99. The number of hydrogen-bond donors (Lipinski definition) is 0. The second-order valence-electron chi connectivity index (χ2n) is 4.41. The van der Waals surface area contributed by atoms with Crippen LogP contribution in [0.25, 0.3) is 0 Å². The van der Waals surface area contributed by atoms with Crippen molar-refractivity contribution in [3.63, 3.8) is 0 Å². The van der Waals surface area contributed by atoms with Crippen molar-refractivity contribution in [1.29, 1.82) is 0 Å². The van der Waals surface area contributed by atoms with Gasteiger partial charge >= 0.3 is 6.09 Å². The third-order valence-corrected chi connectivity index (χ3v) is 3.27. The Labute approximate surface area is 118 Å². The van der Waals surface area contributed by atoms with Gasteiger partial charge < -0.3 is 9.64 Å². The third-order valence-electron chi connectivity index (χ3n) is 3.06. The summed E-state index contributed by atoms with van der Waals surface area (Å²) in [5.74, 6) is 0. The van der Waals surface area contributed by atoms with Crippen LogP contribution < -0.4 is 0 Å². The second-order valence-corrected chi connectivity index (χ2v) is 4.80. The molecule has 1 aliphatic rings. The number of hydrogen-bond acceptors (Lipinski definition) is 4. The van der Waals surface area contributed by atoms with E-state index in [0.717, 1.165) is 25.3 Å². The molecule has 0 bridgehead atoms. The molecule has 0 N–H and O–H groups in total. The Morgan fingerprint density at radius 1 is 1.37 bits per heavy atom. The van der Waals surface area contributed by atoms with E-state index in [9.17, 15) is 4.79 Å². The van der Waals surface area contributed by atoms with Gasteiger partial charge in [0, 0.05) is 32.7 Å². The summed E-state index contributed by atoms with van der Waals surface area (Å²) in [5, 5.41) is 0.516. The number of carbonyl (C=O) groups is 1. The van der Waals surface area contributed by atoms with Crippen LogP contribution in [-0.4, -0.2) is 53.7 Å². The van der Waals surface area contributed by atoms with E-state index in [2.05, 4.69) is 9.88 Å². The van der Waals surface area contributed by atoms with Crippen LogP contribution in [0.2, 0.25) is 5.15 Å². The van der Waals surface area contributed by atoms with E-state index in [0.29, 0.717) is 24.8 Å². The van der Waals surface area contributed by atoms with Gasteiger partial charge in [-0.25, -0.2) is 9.78 Å². The van der Waals surface area contributed by atoms with Gasteiger partial charge in [-0.2, -0.15) is 0 Å². The maximum atomic E-state index is 11.6. The monoisotopic (exact) mass is 283 g/mol. The predicted molar refractivity (Wildman–Crippen MR) is 73.1 cm³/mol. The summed E-state index contributed by atoms with van der Waals surface area (Å²) in [6.45, 7) is 6.04. The standard InChI is InChI=1S/C13H18ClN3O2/c1-2-19-13(18)17-8-6-16(7-9-17)10-11-4-3-5-12(14)15-11/h3-5H,2,6-10H2,1H3. The predicted octanol–water partition coefficient (Wildman–Crippen LogP) is 2.01. The second kappa shape index (κ2) is 6.73. The summed E-state index contributed by atoms with van der Waals surface area (Å²) in [6.07, 6.45) is -0.219. The van der Waals surface area contributed by atoms with Crippen molar-refractivity contribution in [3.05, 3.63) is 29.0 Å². The highest BCUT2D eigenvalue weighted by Crippen LogP contribution is 2.10. The molecule has 1 amide bonds. The van der Waals surface area contributed by atoms with E-state index in [1.54, 1.807) is 11.0 Å². The summed E-state index contributed by atoms with van der Waals surface area (Å²) in [6, 6.07) is 5.63. The maximum Gasteiger partial charge on any atom is 0.409 e. The van der Waals surface area contributed by atoms with Crippen LogP contribution in [0.5, 0.6) is 0 Å². The van der Waals surface area contributed by atoms with Gasteiger partial charge in [-0.05, 0) is 19.1 Å². The Bertz CT molecular complexity index is 434. The molecule has 1 aromatic heterocycles. The molecule has 0 saturated carbocycles. The molecule has 2 heterocycles. The number of carbonyl (C=O) groups excluding carboxylic acids is 1. The lowest BCUT2D eigenvalue weighted by atomic mass is 10.3.